The van der Waals surface area contributed by atoms with E-state index in [1.54, 1.807) is 31.0 Å². The zero-order valence-electron chi connectivity index (χ0n) is 14.5. The molecule has 1 aliphatic carbocycles. The van der Waals surface area contributed by atoms with Crippen molar-refractivity contribution in [3.05, 3.63) is 24.2 Å². The fraction of sp³-hybridized carbons (Fsp3) is 0.467. The Hall–Kier alpha value is -2.53. The molecule has 0 unspecified atom stereocenters. The molecule has 11 heteroatoms. The first-order chi connectivity index (χ1) is 12.2. The minimum Gasteiger partial charge on any atom is -0.384 e. The van der Waals surface area contributed by atoms with Crippen molar-refractivity contribution in [1.29, 1.82) is 0 Å². The van der Waals surface area contributed by atoms with Crippen LogP contribution >= 0.6 is 0 Å². The molecule has 0 aliphatic heterocycles. The number of amides is 1. The highest BCUT2D eigenvalue weighted by Gasteiger charge is 2.35. The second-order valence-electron chi connectivity index (χ2n) is 6.37. The van der Waals surface area contributed by atoms with Crippen LogP contribution in [0, 0.1) is 0 Å². The van der Waals surface area contributed by atoms with Crippen molar-refractivity contribution in [3.8, 4) is 11.4 Å². The molecule has 1 fully saturated rings. The topological polar surface area (TPSA) is 145 Å². The fourth-order valence-corrected chi connectivity index (χ4v) is 3.81. The highest BCUT2D eigenvalue weighted by molar-refractivity contribution is 7.90. The molecular formula is C15H25N7O3S. The molecule has 1 saturated carbocycles. The third-order valence-corrected chi connectivity index (χ3v) is 5.79. The number of sulfonamides is 1. The molecule has 4 N–H and O–H groups in total. The zero-order chi connectivity index (χ0) is 18.9. The van der Waals surface area contributed by atoms with E-state index in [-0.39, 0.29) is 26.2 Å². The standard InChI is InChI=1S/C15H21N7O3S.2H2/c1-9(6-18-26(24,25)11-3-4-11)19-15(23)12-5-13(16)21-14(20-12)10-7-17-22(2)8-10;;/h5,7-9,11,18H,3-4,6H2,1-2H3,(H,19,23)(H2,16,20,21);2*1H/t9-;;/m0../s1. The summed E-state index contributed by atoms with van der Waals surface area (Å²) in [6, 6.07) is 0.963. The highest BCUT2D eigenvalue weighted by Crippen LogP contribution is 2.27. The number of hydrogen-bond acceptors (Lipinski definition) is 7. The first-order valence-electron chi connectivity index (χ1n) is 8.17. The minimum atomic E-state index is -3.29. The van der Waals surface area contributed by atoms with Crippen molar-refractivity contribution in [2.75, 3.05) is 12.3 Å². The summed E-state index contributed by atoms with van der Waals surface area (Å²) >= 11 is 0. The van der Waals surface area contributed by atoms with Crippen LogP contribution in [0.1, 0.15) is 33.1 Å². The Morgan fingerprint density at radius 3 is 2.81 bits per heavy atom. The van der Waals surface area contributed by atoms with Gasteiger partial charge in [0.1, 0.15) is 11.5 Å². The van der Waals surface area contributed by atoms with Crippen LogP contribution in [0.2, 0.25) is 0 Å². The summed E-state index contributed by atoms with van der Waals surface area (Å²) in [7, 11) is -1.53. The van der Waals surface area contributed by atoms with E-state index in [1.807, 2.05) is 0 Å². The maximum Gasteiger partial charge on any atom is 0.270 e. The Labute approximate surface area is 154 Å². The molecule has 3 rings (SSSR count). The number of nitrogens with zero attached hydrogens (tertiary/aromatic N) is 4. The molecule has 1 aliphatic rings. The molecule has 144 valence electrons. The van der Waals surface area contributed by atoms with Crippen LogP contribution in [0.4, 0.5) is 5.82 Å². The average molecular weight is 383 g/mol. The lowest BCUT2D eigenvalue weighted by molar-refractivity contribution is 0.0935. The molecule has 26 heavy (non-hydrogen) atoms. The van der Waals surface area contributed by atoms with Crippen LogP contribution in [-0.4, -0.2) is 51.9 Å². The number of aryl methyl sites for hydroxylation is 1. The predicted octanol–water partition coefficient (Wildman–Crippen LogP) is 0.151. The van der Waals surface area contributed by atoms with Gasteiger partial charge in [0, 0.05) is 34.8 Å². The van der Waals surface area contributed by atoms with Crippen molar-refractivity contribution in [2.45, 2.75) is 31.1 Å². The molecule has 2 aromatic rings. The summed E-state index contributed by atoms with van der Waals surface area (Å²) in [6.07, 6.45) is 4.66. The number of carbonyl (C=O) groups is 1. The van der Waals surface area contributed by atoms with Crippen LogP contribution in [0.15, 0.2) is 18.5 Å². The number of nitrogens with one attached hydrogen (secondary N) is 2. The summed E-state index contributed by atoms with van der Waals surface area (Å²) in [4.78, 5) is 20.7. The monoisotopic (exact) mass is 383 g/mol. The van der Waals surface area contributed by atoms with E-state index in [0.29, 0.717) is 24.2 Å². The van der Waals surface area contributed by atoms with Gasteiger partial charge in [-0.05, 0) is 19.8 Å². The van der Waals surface area contributed by atoms with E-state index in [2.05, 4.69) is 25.1 Å². The van der Waals surface area contributed by atoms with Crippen LogP contribution in [0.5, 0.6) is 0 Å². The van der Waals surface area contributed by atoms with Crippen LogP contribution in [0.3, 0.4) is 0 Å². The molecule has 10 nitrogen and oxygen atoms in total. The van der Waals surface area contributed by atoms with Crippen LogP contribution in [-0.2, 0) is 17.1 Å². The maximum atomic E-state index is 12.4. The van der Waals surface area contributed by atoms with Gasteiger partial charge in [-0.3, -0.25) is 9.48 Å². The largest absolute Gasteiger partial charge is 0.384 e. The number of hydrogen-bond donors (Lipinski definition) is 3. The van der Waals surface area contributed by atoms with E-state index < -0.39 is 22.0 Å². The minimum absolute atomic E-state index is 0. The van der Waals surface area contributed by atoms with Gasteiger partial charge in [0.15, 0.2) is 5.82 Å². The number of nitrogen functional groups attached to an aromatic ring is 1. The average Bonchev–Trinajstić information content (AvgIpc) is 3.35. The molecular weight excluding hydrogens is 358 g/mol. The Kier molecular flexibility index (Phi) is 4.92. The Morgan fingerprint density at radius 2 is 2.19 bits per heavy atom. The number of carbonyl (C=O) groups excluding carboxylic acids is 1. The summed E-state index contributed by atoms with van der Waals surface area (Å²) in [6.45, 7) is 1.82. The van der Waals surface area contributed by atoms with Crippen molar-refractivity contribution in [2.24, 2.45) is 7.05 Å². The maximum absolute atomic E-state index is 12.4. The van der Waals surface area contributed by atoms with Gasteiger partial charge in [-0.25, -0.2) is 23.1 Å². The lowest BCUT2D eigenvalue weighted by Crippen LogP contribution is -2.42. The first kappa shape index (κ1) is 18.3. The molecule has 0 bridgehead atoms. The van der Waals surface area contributed by atoms with Crippen LogP contribution in [0.25, 0.3) is 11.4 Å². The molecule has 2 heterocycles. The quantitative estimate of drug-likeness (QED) is 0.617. The second-order valence-corrected chi connectivity index (χ2v) is 8.42. The third-order valence-electron chi connectivity index (χ3n) is 3.87. The van der Waals surface area contributed by atoms with Crippen molar-refractivity contribution in [1.82, 2.24) is 29.8 Å². The second kappa shape index (κ2) is 7.00. The lowest BCUT2D eigenvalue weighted by Gasteiger charge is -2.15. The molecule has 1 atom stereocenters. The smallest absolute Gasteiger partial charge is 0.270 e. The molecule has 2 aromatic heterocycles. The van der Waals surface area contributed by atoms with E-state index in [1.165, 1.54) is 6.07 Å². The van der Waals surface area contributed by atoms with Gasteiger partial charge in [-0.1, -0.05) is 0 Å². The predicted molar refractivity (Wildman–Crippen MR) is 99.7 cm³/mol. The number of rotatable bonds is 7. The molecule has 0 radical (unpaired) electrons. The van der Waals surface area contributed by atoms with E-state index in [4.69, 9.17) is 5.73 Å². The van der Waals surface area contributed by atoms with E-state index >= 15 is 0 Å². The van der Waals surface area contributed by atoms with Gasteiger partial charge in [0.2, 0.25) is 10.0 Å². The summed E-state index contributed by atoms with van der Waals surface area (Å²) < 4.78 is 27.8. The van der Waals surface area contributed by atoms with Crippen LogP contribution < -0.4 is 15.8 Å². The summed E-state index contributed by atoms with van der Waals surface area (Å²) in [5.74, 6) is -0.00112. The van der Waals surface area contributed by atoms with E-state index in [0.717, 1.165) is 0 Å². The molecule has 0 aromatic carbocycles. The van der Waals surface area contributed by atoms with Gasteiger partial charge >= 0.3 is 0 Å². The van der Waals surface area contributed by atoms with Gasteiger partial charge in [0.25, 0.3) is 5.91 Å². The Bertz CT molecular complexity index is 931. The number of aromatic nitrogens is 4. The lowest BCUT2D eigenvalue weighted by atomic mass is 10.2. The van der Waals surface area contributed by atoms with Crippen molar-refractivity contribution in [3.63, 3.8) is 0 Å². The number of anilines is 1. The van der Waals surface area contributed by atoms with E-state index in [9.17, 15) is 13.2 Å². The van der Waals surface area contributed by atoms with Gasteiger partial charge in [0.05, 0.1) is 17.0 Å². The normalized spacial score (nSPS) is 15.6. The first-order valence-corrected chi connectivity index (χ1v) is 9.72. The fourth-order valence-electron chi connectivity index (χ4n) is 2.33. The van der Waals surface area contributed by atoms with Gasteiger partial charge in [-0.15, -0.1) is 0 Å². The van der Waals surface area contributed by atoms with Crippen molar-refractivity contribution < 1.29 is 16.1 Å². The van der Waals surface area contributed by atoms with Gasteiger partial charge < -0.3 is 11.1 Å². The SMILES string of the molecule is C[C@@H](CNS(=O)(=O)C1CC1)NC(=O)c1cc(N)nc(-c2cnn(C)c2)n1.[HH].[HH]. The zero-order valence-corrected chi connectivity index (χ0v) is 15.3. The summed E-state index contributed by atoms with van der Waals surface area (Å²) in [5, 5.41) is 6.45. The molecule has 0 spiro atoms. The Balaban J connectivity index is 0.00000196. The molecule has 0 saturated heterocycles. The summed E-state index contributed by atoms with van der Waals surface area (Å²) in [5.41, 5.74) is 6.52. The van der Waals surface area contributed by atoms with Crippen molar-refractivity contribution >= 4 is 21.7 Å². The van der Waals surface area contributed by atoms with Gasteiger partial charge in [-0.2, -0.15) is 5.10 Å². The Morgan fingerprint density at radius 1 is 1.46 bits per heavy atom. The third kappa shape index (κ3) is 4.35. The highest BCUT2D eigenvalue weighted by atomic mass is 32.2. The molecule has 1 amide bonds. The number of nitrogens with two attached hydrogens (primary N) is 1.